The Morgan fingerprint density at radius 3 is 2.57 bits per heavy atom. The van der Waals surface area contributed by atoms with Crippen molar-refractivity contribution in [2.24, 2.45) is 5.41 Å². The van der Waals surface area contributed by atoms with Crippen molar-refractivity contribution in [1.82, 2.24) is 0 Å². The van der Waals surface area contributed by atoms with E-state index in [-0.39, 0.29) is 0 Å². The van der Waals surface area contributed by atoms with Gasteiger partial charge in [0.2, 0.25) is 0 Å². The van der Waals surface area contributed by atoms with Crippen molar-refractivity contribution in [3.8, 4) is 0 Å². The topological polar surface area (TPSA) is 9.23 Å². The van der Waals surface area contributed by atoms with Crippen LogP contribution in [0, 0.1) is 5.41 Å². The molecule has 1 rings (SSSR count). The average Bonchev–Trinajstić information content (AvgIpc) is 2.62. The lowest BCUT2D eigenvalue weighted by atomic mass is 9.90. The highest BCUT2D eigenvalue weighted by Gasteiger charge is 2.32. The second-order valence-electron chi connectivity index (χ2n) is 4.60. The summed E-state index contributed by atoms with van der Waals surface area (Å²) in [6.45, 7) is 7.69. The van der Waals surface area contributed by atoms with E-state index in [0.717, 1.165) is 25.0 Å². The van der Waals surface area contributed by atoms with E-state index < -0.39 is 0 Å². The first-order chi connectivity index (χ1) is 6.68. The summed E-state index contributed by atoms with van der Waals surface area (Å²) < 4.78 is 5.73. The van der Waals surface area contributed by atoms with E-state index in [4.69, 9.17) is 4.74 Å². The lowest BCUT2D eigenvalue weighted by Gasteiger charge is -2.26. The van der Waals surface area contributed by atoms with Crippen molar-refractivity contribution in [1.29, 1.82) is 0 Å². The molecule has 0 aromatic heterocycles. The van der Waals surface area contributed by atoms with Gasteiger partial charge in [-0.3, -0.25) is 0 Å². The minimum atomic E-state index is 0.440. The van der Waals surface area contributed by atoms with Crippen molar-refractivity contribution >= 4 is 15.9 Å². The molecule has 0 spiro atoms. The van der Waals surface area contributed by atoms with Gasteiger partial charge in [0.05, 0.1) is 13.2 Å². The van der Waals surface area contributed by atoms with Crippen molar-refractivity contribution in [2.75, 3.05) is 18.5 Å². The van der Waals surface area contributed by atoms with Crippen molar-refractivity contribution in [3.05, 3.63) is 12.2 Å². The zero-order chi connectivity index (χ0) is 10.4. The fourth-order valence-corrected chi connectivity index (χ4v) is 2.70. The van der Waals surface area contributed by atoms with Gasteiger partial charge in [0.1, 0.15) is 0 Å². The van der Waals surface area contributed by atoms with Crippen LogP contribution in [0.1, 0.15) is 39.0 Å². The van der Waals surface area contributed by atoms with Gasteiger partial charge < -0.3 is 4.74 Å². The molecule has 0 aromatic carbocycles. The standard InChI is InChI=1S/C12H21BrO/c1-11(2)5-8-14-10-12(9-13)6-3-4-7-12/h1,3-10H2,2H3. The molecule has 0 bridgehead atoms. The van der Waals surface area contributed by atoms with Gasteiger partial charge in [-0.05, 0) is 26.2 Å². The number of rotatable bonds is 6. The Labute approximate surface area is 96.0 Å². The molecule has 1 aliphatic carbocycles. The van der Waals surface area contributed by atoms with Crippen LogP contribution in [-0.2, 0) is 4.74 Å². The van der Waals surface area contributed by atoms with Gasteiger partial charge in [-0.15, -0.1) is 6.58 Å². The molecule has 1 fully saturated rings. The van der Waals surface area contributed by atoms with Gasteiger partial charge in [0.25, 0.3) is 0 Å². The van der Waals surface area contributed by atoms with Crippen LogP contribution >= 0.6 is 15.9 Å². The van der Waals surface area contributed by atoms with E-state index in [1.807, 2.05) is 0 Å². The van der Waals surface area contributed by atoms with E-state index in [1.54, 1.807) is 0 Å². The van der Waals surface area contributed by atoms with Crippen LogP contribution in [0.2, 0.25) is 0 Å². The summed E-state index contributed by atoms with van der Waals surface area (Å²) in [5, 5.41) is 1.09. The summed E-state index contributed by atoms with van der Waals surface area (Å²) in [4.78, 5) is 0. The second-order valence-corrected chi connectivity index (χ2v) is 5.16. The quantitative estimate of drug-likeness (QED) is 0.400. The highest BCUT2D eigenvalue weighted by atomic mass is 79.9. The molecule has 0 unspecified atom stereocenters. The molecule has 1 saturated carbocycles. The molecule has 0 aromatic rings. The van der Waals surface area contributed by atoms with E-state index >= 15 is 0 Å². The van der Waals surface area contributed by atoms with Gasteiger partial charge in [-0.25, -0.2) is 0 Å². The zero-order valence-electron chi connectivity index (χ0n) is 9.15. The molecule has 82 valence electrons. The van der Waals surface area contributed by atoms with Gasteiger partial charge in [-0.2, -0.15) is 0 Å². The zero-order valence-corrected chi connectivity index (χ0v) is 10.7. The van der Waals surface area contributed by atoms with Crippen LogP contribution in [0.15, 0.2) is 12.2 Å². The van der Waals surface area contributed by atoms with E-state index in [9.17, 15) is 0 Å². The molecule has 2 heteroatoms. The lowest BCUT2D eigenvalue weighted by molar-refractivity contribution is 0.0614. The third kappa shape index (κ3) is 3.74. The Morgan fingerprint density at radius 2 is 2.07 bits per heavy atom. The lowest BCUT2D eigenvalue weighted by Crippen LogP contribution is -2.25. The fraction of sp³-hybridized carbons (Fsp3) is 0.833. The summed E-state index contributed by atoms with van der Waals surface area (Å²) in [5.41, 5.74) is 1.65. The molecule has 0 radical (unpaired) electrons. The van der Waals surface area contributed by atoms with Gasteiger partial charge in [-0.1, -0.05) is 34.3 Å². The van der Waals surface area contributed by atoms with Crippen LogP contribution in [0.3, 0.4) is 0 Å². The Morgan fingerprint density at radius 1 is 1.43 bits per heavy atom. The first kappa shape index (κ1) is 12.3. The van der Waals surface area contributed by atoms with Crippen LogP contribution in [0.5, 0.6) is 0 Å². The van der Waals surface area contributed by atoms with Gasteiger partial charge in [0.15, 0.2) is 0 Å². The molecule has 0 aliphatic heterocycles. The van der Waals surface area contributed by atoms with Crippen LogP contribution in [0.4, 0.5) is 0 Å². The molecular formula is C12H21BrO. The average molecular weight is 261 g/mol. The first-order valence-electron chi connectivity index (χ1n) is 5.47. The summed E-state index contributed by atoms with van der Waals surface area (Å²) in [7, 11) is 0. The molecule has 0 N–H and O–H groups in total. The highest BCUT2D eigenvalue weighted by Crippen LogP contribution is 2.39. The number of hydrogen-bond donors (Lipinski definition) is 0. The minimum Gasteiger partial charge on any atom is -0.381 e. The molecule has 1 nitrogen and oxygen atoms in total. The van der Waals surface area contributed by atoms with E-state index in [0.29, 0.717) is 5.41 Å². The predicted octanol–water partition coefficient (Wildman–Crippen LogP) is 3.92. The monoisotopic (exact) mass is 260 g/mol. The minimum absolute atomic E-state index is 0.440. The van der Waals surface area contributed by atoms with Crippen molar-refractivity contribution in [2.45, 2.75) is 39.0 Å². The summed E-state index contributed by atoms with van der Waals surface area (Å²) in [5.74, 6) is 0. The number of halogens is 1. The van der Waals surface area contributed by atoms with E-state index in [2.05, 4.69) is 29.4 Å². The third-order valence-electron chi connectivity index (χ3n) is 3.03. The molecule has 14 heavy (non-hydrogen) atoms. The van der Waals surface area contributed by atoms with E-state index in [1.165, 1.54) is 31.3 Å². The number of hydrogen-bond acceptors (Lipinski definition) is 1. The third-order valence-corrected chi connectivity index (χ3v) is 4.22. The fourth-order valence-electron chi connectivity index (χ4n) is 1.98. The van der Waals surface area contributed by atoms with Crippen LogP contribution in [0.25, 0.3) is 0 Å². The Balaban J connectivity index is 2.18. The Kier molecular flexibility index (Phi) is 5.18. The molecule has 0 atom stereocenters. The maximum Gasteiger partial charge on any atom is 0.0530 e. The van der Waals surface area contributed by atoms with Crippen LogP contribution < -0.4 is 0 Å². The molecule has 0 saturated heterocycles. The number of alkyl halides is 1. The predicted molar refractivity (Wildman–Crippen MR) is 64.9 cm³/mol. The highest BCUT2D eigenvalue weighted by molar-refractivity contribution is 9.09. The first-order valence-corrected chi connectivity index (χ1v) is 6.59. The summed E-state index contributed by atoms with van der Waals surface area (Å²) in [6, 6.07) is 0. The second kappa shape index (κ2) is 5.92. The summed E-state index contributed by atoms with van der Waals surface area (Å²) in [6.07, 6.45) is 6.39. The van der Waals surface area contributed by atoms with Gasteiger partial charge >= 0.3 is 0 Å². The molecule has 0 heterocycles. The SMILES string of the molecule is C=C(C)CCOCC1(CBr)CCCC1. The number of ether oxygens (including phenoxy) is 1. The van der Waals surface area contributed by atoms with Crippen molar-refractivity contribution in [3.63, 3.8) is 0 Å². The van der Waals surface area contributed by atoms with Crippen molar-refractivity contribution < 1.29 is 4.74 Å². The normalized spacial score (nSPS) is 19.9. The maximum absolute atomic E-state index is 5.73. The molecule has 1 aliphatic rings. The van der Waals surface area contributed by atoms with Gasteiger partial charge in [0, 0.05) is 10.7 Å². The summed E-state index contributed by atoms with van der Waals surface area (Å²) >= 11 is 3.62. The molecule has 0 amide bonds. The van der Waals surface area contributed by atoms with Crippen LogP contribution in [-0.4, -0.2) is 18.5 Å². The Bertz CT molecular complexity index is 183. The molecular weight excluding hydrogens is 240 g/mol. The smallest absolute Gasteiger partial charge is 0.0530 e. The largest absolute Gasteiger partial charge is 0.381 e. The maximum atomic E-state index is 5.73. The Hall–Kier alpha value is 0.180.